The van der Waals surface area contributed by atoms with E-state index in [2.05, 4.69) is 27.4 Å². The molecule has 1 fully saturated rings. The van der Waals surface area contributed by atoms with Crippen LogP contribution in [-0.4, -0.2) is 45.8 Å². The predicted octanol–water partition coefficient (Wildman–Crippen LogP) is 3.51. The molecular weight excluding hydrogens is 439 g/mol. The summed E-state index contributed by atoms with van der Waals surface area (Å²) in [4.78, 5) is 6.61. The molecule has 5 nitrogen and oxygen atoms in total. The van der Waals surface area contributed by atoms with Gasteiger partial charge in [-0.3, -0.25) is 4.99 Å². The summed E-state index contributed by atoms with van der Waals surface area (Å²) < 4.78 is 5.46. The Morgan fingerprint density at radius 3 is 2.92 bits per heavy atom. The maximum Gasteiger partial charge on any atom is 0.191 e. The van der Waals surface area contributed by atoms with Crippen molar-refractivity contribution in [2.45, 2.75) is 32.2 Å². The smallest absolute Gasteiger partial charge is 0.191 e. The summed E-state index contributed by atoms with van der Waals surface area (Å²) in [5.74, 6) is 1.74. The molecule has 1 aliphatic rings. The molecule has 1 aliphatic heterocycles. The Hall–Kier alpha value is -0.890. The molecule has 0 bridgehead atoms. The number of methoxy groups -OCH3 is 1. The Balaban J connectivity index is 0.00000288. The molecule has 0 aliphatic carbocycles. The molecule has 1 aromatic rings. The molecule has 1 heterocycles. The summed E-state index contributed by atoms with van der Waals surface area (Å²) in [5, 5.41) is 7.59. The quantitative estimate of drug-likeness (QED) is 0.292. The highest BCUT2D eigenvalue weighted by Crippen LogP contribution is 2.33. The second kappa shape index (κ2) is 10.9. The first-order valence-corrected chi connectivity index (χ1v) is 8.61. The van der Waals surface area contributed by atoms with Gasteiger partial charge >= 0.3 is 0 Å². The number of unbranched alkanes of at least 4 members (excludes halogenated alkanes) is 1. The van der Waals surface area contributed by atoms with E-state index < -0.39 is 0 Å². The topological polar surface area (TPSA) is 48.9 Å². The van der Waals surface area contributed by atoms with Crippen LogP contribution in [0.25, 0.3) is 0 Å². The van der Waals surface area contributed by atoms with Gasteiger partial charge in [0.25, 0.3) is 0 Å². The number of hydrogen-bond donors (Lipinski definition) is 2. The number of halogens is 2. The normalized spacial score (nSPS) is 17.4. The van der Waals surface area contributed by atoms with Crippen LogP contribution >= 0.6 is 35.6 Å². The molecular formula is C17H28ClIN4O. The lowest BCUT2D eigenvalue weighted by Gasteiger charge is -2.22. The summed E-state index contributed by atoms with van der Waals surface area (Å²) in [5.41, 5.74) is 1.05. The zero-order valence-corrected chi connectivity index (χ0v) is 17.7. The van der Waals surface area contributed by atoms with Crippen molar-refractivity contribution in [3.63, 3.8) is 0 Å². The molecule has 136 valence electrons. The Bertz CT molecular complexity index is 541. The number of guanidine groups is 1. The lowest BCUT2D eigenvalue weighted by atomic mass is 10.2. The van der Waals surface area contributed by atoms with E-state index in [4.69, 9.17) is 16.3 Å². The van der Waals surface area contributed by atoms with E-state index >= 15 is 0 Å². The Morgan fingerprint density at radius 1 is 1.46 bits per heavy atom. The average Bonchev–Trinajstić information content (AvgIpc) is 3.02. The van der Waals surface area contributed by atoms with Crippen LogP contribution in [-0.2, 0) is 0 Å². The van der Waals surface area contributed by atoms with E-state index in [1.165, 1.54) is 6.42 Å². The molecule has 0 aromatic heterocycles. The lowest BCUT2D eigenvalue weighted by molar-refractivity contribution is 0.415. The van der Waals surface area contributed by atoms with Crippen molar-refractivity contribution in [1.29, 1.82) is 0 Å². The summed E-state index contributed by atoms with van der Waals surface area (Å²) in [7, 11) is 3.51. The molecule has 0 saturated carbocycles. The minimum atomic E-state index is 0. The minimum Gasteiger partial charge on any atom is -0.495 e. The molecule has 24 heavy (non-hydrogen) atoms. The third-order valence-electron chi connectivity index (χ3n) is 4.06. The number of anilines is 1. The number of rotatable bonds is 6. The molecule has 0 spiro atoms. The summed E-state index contributed by atoms with van der Waals surface area (Å²) in [6, 6.07) is 6.11. The van der Waals surface area contributed by atoms with E-state index in [-0.39, 0.29) is 24.0 Å². The lowest BCUT2D eigenvalue weighted by Crippen LogP contribution is -2.44. The number of hydrogen-bond acceptors (Lipinski definition) is 3. The highest BCUT2D eigenvalue weighted by Gasteiger charge is 2.25. The number of nitrogens with zero attached hydrogens (tertiary/aromatic N) is 2. The molecule has 0 radical (unpaired) electrons. The van der Waals surface area contributed by atoms with Crippen molar-refractivity contribution in [3.8, 4) is 5.75 Å². The summed E-state index contributed by atoms with van der Waals surface area (Å²) in [6.07, 6.45) is 3.39. The number of aliphatic imine (C=N–C) groups is 1. The van der Waals surface area contributed by atoms with E-state index in [1.54, 1.807) is 7.11 Å². The average molecular weight is 467 g/mol. The second-order valence-electron chi connectivity index (χ2n) is 5.74. The first kappa shape index (κ1) is 21.2. The fourth-order valence-corrected chi connectivity index (χ4v) is 2.95. The van der Waals surface area contributed by atoms with Crippen LogP contribution in [0.3, 0.4) is 0 Å². The maximum atomic E-state index is 6.14. The SMILES string of the molecule is CCCCNC(=NC)NC1CCN(c2cc(Cl)ccc2OC)C1.I. The van der Waals surface area contributed by atoms with E-state index in [1.807, 2.05) is 25.2 Å². The fraction of sp³-hybridized carbons (Fsp3) is 0.588. The van der Waals surface area contributed by atoms with Gasteiger partial charge in [-0.05, 0) is 31.0 Å². The number of benzene rings is 1. The number of nitrogens with one attached hydrogen (secondary N) is 2. The van der Waals surface area contributed by atoms with Crippen LogP contribution in [0.4, 0.5) is 5.69 Å². The summed E-state index contributed by atoms with van der Waals surface area (Å²) >= 11 is 6.14. The van der Waals surface area contributed by atoms with Gasteiger partial charge in [-0.2, -0.15) is 0 Å². The molecule has 1 aromatic carbocycles. The van der Waals surface area contributed by atoms with Crippen LogP contribution in [0.2, 0.25) is 5.02 Å². The maximum absolute atomic E-state index is 6.14. The van der Waals surface area contributed by atoms with Crippen LogP contribution in [0.5, 0.6) is 5.75 Å². The van der Waals surface area contributed by atoms with Crippen molar-refractivity contribution >= 4 is 47.2 Å². The molecule has 2 rings (SSSR count). The number of ether oxygens (including phenoxy) is 1. The third-order valence-corrected chi connectivity index (χ3v) is 4.29. The fourth-order valence-electron chi connectivity index (χ4n) is 2.78. The van der Waals surface area contributed by atoms with Crippen molar-refractivity contribution in [2.24, 2.45) is 4.99 Å². The van der Waals surface area contributed by atoms with Gasteiger partial charge in [0, 0.05) is 37.7 Å². The van der Waals surface area contributed by atoms with Crippen LogP contribution < -0.4 is 20.3 Å². The van der Waals surface area contributed by atoms with Gasteiger partial charge in [0.05, 0.1) is 12.8 Å². The van der Waals surface area contributed by atoms with Crippen molar-refractivity contribution in [2.75, 3.05) is 38.7 Å². The Kier molecular flexibility index (Phi) is 9.58. The van der Waals surface area contributed by atoms with Gasteiger partial charge in [0.1, 0.15) is 5.75 Å². The Labute approximate surface area is 167 Å². The molecule has 2 N–H and O–H groups in total. The van der Waals surface area contributed by atoms with Gasteiger partial charge in [-0.25, -0.2) is 0 Å². The van der Waals surface area contributed by atoms with E-state index in [9.17, 15) is 0 Å². The van der Waals surface area contributed by atoms with E-state index in [0.717, 1.165) is 54.9 Å². The van der Waals surface area contributed by atoms with Gasteiger partial charge in [0.15, 0.2) is 5.96 Å². The molecule has 0 amide bonds. The van der Waals surface area contributed by atoms with Crippen LogP contribution in [0.1, 0.15) is 26.2 Å². The highest BCUT2D eigenvalue weighted by molar-refractivity contribution is 14.0. The standard InChI is InChI=1S/C17H27ClN4O.HI/c1-4-5-9-20-17(19-2)21-14-8-10-22(12-14)15-11-13(18)6-7-16(15)23-3;/h6-7,11,14H,4-5,8-10,12H2,1-3H3,(H2,19,20,21);1H. The zero-order valence-electron chi connectivity index (χ0n) is 14.6. The summed E-state index contributed by atoms with van der Waals surface area (Å²) in [6.45, 7) is 5.02. The second-order valence-corrected chi connectivity index (χ2v) is 6.18. The van der Waals surface area contributed by atoms with Gasteiger partial charge < -0.3 is 20.3 Å². The van der Waals surface area contributed by atoms with Gasteiger partial charge in [-0.1, -0.05) is 24.9 Å². The Morgan fingerprint density at radius 2 is 2.25 bits per heavy atom. The largest absolute Gasteiger partial charge is 0.495 e. The van der Waals surface area contributed by atoms with Crippen molar-refractivity contribution in [3.05, 3.63) is 23.2 Å². The van der Waals surface area contributed by atoms with E-state index in [0.29, 0.717) is 6.04 Å². The minimum absolute atomic E-state index is 0. The van der Waals surface area contributed by atoms with Gasteiger partial charge in [-0.15, -0.1) is 24.0 Å². The van der Waals surface area contributed by atoms with Crippen molar-refractivity contribution in [1.82, 2.24) is 10.6 Å². The monoisotopic (exact) mass is 466 g/mol. The third kappa shape index (κ3) is 5.88. The zero-order chi connectivity index (χ0) is 16.7. The molecule has 1 atom stereocenters. The van der Waals surface area contributed by atoms with Crippen LogP contribution in [0.15, 0.2) is 23.2 Å². The first-order chi connectivity index (χ1) is 11.2. The van der Waals surface area contributed by atoms with Crippen LogP contribution in [0, 0.1) is 0 Å². The predicted molar refractivity (Wildman–Crippen MR) is 113 cm³/mol. The molecule has 1 unspecified atom stereocenters. The molecule has 1 saturated heterocycles. The first-order valence-electron chi connectivity index (χ1n) is 8.23. The van der Waals surface area contributed by atoms with Crippen molar-refractivity contribution < 1.29 is 4.74 Å². The molecule has 7 heteroatoms. The highest BCUT2D eigenvalue weighted by atomic mass is 127. The van der Waals surface area contributed by atoms with Gasteiger partial charge in [0.2, 0.25) is 0 Å².